The Balaban J connectivity index is 2.87. The first-order chi connectivity index (χ1) is 9.39. The van der Waals surface area contributed by atoms with Crippen LogP contribution in [0.5, 0.6) is 0 Å². The number of ether oxygens (including phenoxy) is 1. The molecule has 0 amide bonds. The Morgan fingerprint density at radius 3 is 2.14 bits per heavy atom. The van der Waals surface area contributed by atoms with Crippen LogP contribution in [0.2, 0.25) is 0 Å². The summed E-state index contributed by atoms with van der Waals surface area (Å²) in [5, 5.41) is 3.83. The van der Waals surface area contributed by atoms with Gasteiger partial charge in [0.05, 0.1) is 11.2 Å². The third-order valence-corrected chi connectivity index (χ3v) is 5.37. The third kappa shape index (κ3) is 5.25. The maximum absolute atomic E-state index is 6.34. The van der Waals surface area contributed by atoms with Crippen LogP contribution in [0.3, 0.4) is 0 Å². The van der Waals surface area contributed by atoms with Crippen LogP contribution < -0.4 is 5.32 Å². The van der Waals surface area contributed by atoms with Crippen molar-refractivity contribution in [3.63, 3.8) is 0 Å². The fourth-order valence-corrected chi connectivity index (χ4v) is 3.69. The third-order valence-electron chi connectivity index (χ3n) is 5.37. The van der Waals surface area contributed by atoms with E-state index in [2.05, 4.69) is 67.6 Å². The highest BCUT2D eigenvalue weighted by Crippen LogP contribution is 2.45. The summed E-state index contributed by atoms with van der Waals surface area (Å²) in [5.74, 6) is 1.29. The molecular weight excluding hydrogens is 258 g/mol. The van der Waals surface area contributed by atoms with Crippen LogP contribution in [0.25, 0.3) is 0 Å². The van der Waals surface area contributed by atoms with Gasteiger partial charge in [-0.05, 0) is 64.8 Å². The largest absolute Gasteiger partial charge is 0.369 e. The molecule has 2 heteroatoms. The molecule has 3 unspecified atom stereocenters. The molecule has 1 fully saturated rings. The highest BCUT2D eigenvalue weighted by molar-refractivity contribution is 5.00. The molecule has 3 atom stereocenters. The van der Waals surface area contributed by atoms with Gasteiger partial charge in [-0.25, -0.2) is 0 Å². The molecule has 1 rings (SSSR count). The van der Waals surface area contributed by atoms with E-state index in [4.69, 9.17) is 4.74 Å². The lowest BCUT2D eigenvalue weighted by atomic mass is 9.73. The summed E-state index contributed by atoms with van der Waals surface area (Å²) in [6.45, 7) is 21.8. The predicted octanol–water partition coefficient (Wildman–Crippen LogP) is 5.02. The van der Waals surface area contributed by atoms with Crippen molar-refractivity contribution in [1.82, 2.24) is 5.32 Å². The van der Waals surface area contributed by atoms with E-state index in [-0.39, 0.29) is 11.2 Å². The maximum atomic E-state index is 6.34. The molecule has 0 saturated carbocycles. The molecule has 0 aliphatic carbocycles. The monoisotopic (exact) mass is 297 g/mol. The van der Waals surface area contributed by atoms with Crippen molar-refractivity contribution in [2.45, 2.75) is 98.8 Å². The molecule has 0 aromatic heterocycles. The van der Waals surface area contributed by atoms with Gasteiger partial charge in [0, 0.05) is 12.0 Å². The topological polar surface area (TPSA) is 21.3 Å². The van der Waals surface area contributed by atoms with Gasteiger partial charge >= 0.3 is 0 Å². The second-order valence-electron chi connectivity index (χ2n) is 9.34. The Morgan fingerprint density at radius 1 is 1.19 bits per heavy atom. The molecule has 1 aliphatic rings. The Kier molecular flexibility index (Phi) is 5.94. The Morgan fingerprint density at radius 2 is 1.76 bits per heavy atom. The lowest BCUT2D eigenvalue weighted by molar-refractivity contribution is -0.0786. The summed E-state index contributed by atoms with van der Waals surface area (Å²) in [6.07, 6.45) is 3.58. The minimum Gasteiger partial charge on any atom is -0.369 e. The zero-order valence-corrected chi connectivity index (χ0v) is 16.0. The average molecular weight is 298 g/mol. The first-order valence-electron chi connectivity index (χ1n) is 8.82. The molecule has 0 bridgehead atoms. The van der Waals surface area contributed by atoms with Crippen molar-refractivity contribution in [3.05, 3.63) is 0 Å². The molecule has 21 heavy (non-hydrogen) atoms. The maximum Gasteiger partial charge on any atom is 0.0677 e. The van der Waals surface area contributed by atoms with Crippen molar-refractivity contribution < 1.29 is 4.74 Å². The van der Waals surface area contributed by atoms with E-state index in [0.717, 1.165) is 13.0 Å². The number of hydrogen-bond donors (Lipinski definition) is 1. The smallest absolute Gasteiger partial charge is 0.0677 e. The SMILES string of the molecule is CCCNC(CC(C)C(C)(C)C)C1CC(C)(C)OC1(C)C. The predicted molar refractivity (Wildman–Crippen MR) is 92.7 cm³/mol. The summed E-state index contributed by atoms with van der Waals surface area (Å²) in [7, 11) is 0. The highest BCUT2D eigenvalue weighted by Gasteiger charge is 2.49. The van der Waals surface area contributed by atoms with E-state index in [1.807, 2.05) is 0 Å². The molecule has 1 saturated heterocycles. The van der Waals surface area contributed by atoms with E-state index in [0.29, 0.717) is 23.3 Å². The highest BCUT2D eigenvalue weighted by atomic mass is 16.5. The summed E-state index contributed by atoms with van der Waals surface area (Å²) in [6, 6.07) is 0.552. The fourth-order valence-electron chi connectivity index (χ4n) is 3.69. The first-order valence-corrected chi connectivity index (χ1v) is 8.82. The van der Waals surface area contributed by atoms with Gasteiger partial charge in [0.2, 0.25) is 0 Å². The van der Waals surface area contributed by atoms with Gasteiger partial charge in [-0.15, -0.1) is 0 Å². The van der Waals surface area contributed by atoms with Crippen LogP contribution >= 0.6 is 0 Å². The van der Waals surface area contributed by atoms with E-state index in [9.17, 15) is 0 Å². The quantitative estimate of drug-likeness (QED) is 0.743. The molecule has 0 aromatic carbocycles. The van der Waals surface area contributed by atoms with Gasteiger partial charge in [-0.2, -0.15) is 0 Å². The van der Waals surface area contributed by atoms with Crippen LogP contribution in [-0.2, 0) is 4.74 Å². The molecule has 126 valence electrons. The Hall–Kier alpha value is -0.0800. The standard InChI is InChI=1S/C19H39NO/c1-10-11-20-16(12-14(2)17(3,4)5)15-13-18(6,7)21-19(15,8)9/h14-16,20H,10-13H2,1-9H3. The fraction of sp³-hybridized carbons (Fsp3) is 1.00. The van der Waals surface area contributed by atoms with Crippen molar-refractivity contribution in [2.24, 2.45) is 17.3 Å². The van der Waals surface area contributed by atoms with Gasteiger partial charge in [0.1, 0.15) is 0 Å². The van der Waals surface area contributed by atoms with Crippen LogP contribution in [0.15, 0.2) is 0 Å². The lowest BCUT2D eigenvalue weighted by Crippen LogP contribution is -2.46. The Bertz CT molecular complexity index is 327. The minimum absolute atomic E-state index is 0.00524. The number of hydrogen-bond acceptors (Lipinski definition) is 2. The molecule has 1 aliphatic heterocycles. The minimum atomic E-state index is -0.0352. The van der Waals surface area contributed by atoms with Crippen LogP contribution in [0.4, 0.5) is 0 Å². The molecule has 0 spiro atoms. The second kappa shape index (κ2) is 6.58. The molecule has 1 heterocycles. The van der Waals surface area contributed by atoms with Gasteiger partial charge < -0.3 is 10.1 Å². The summed E-state index contributed by atoms with van der Waals surface area (Å²) < 4.78 is 6.34. The van der Waals surface area contributed by atoms with Gasteiger partial charge in [-0.3, -0.25) is 0 Å². The van der Waals surface area contributed by atoms with Gasteiger partial charge in [-0.1, -0.05) is 34.6 Å². The van der Waals surface area contributed by atoms with Crippen LogP contribution in [0.1, 0.15) is 81.6 Å². The second-order valence-corrected chi connectivity index (χ2v) is 9.34. The first kappa shape index (κ1) is 19.0. The van der Waals surface area contributed by atoms with E-state index < -0.39 is 0 Å². The normalized spacial score (nSPS) is 27.6. The molecule has 2 nitrogen and oxygen atoms in total. The summed E-state index contributed by atoms with van der Waals surface area (Å²) in [4.78, 5) is 0. The zero-order chi connectivity index (χ0) is 16.5. The van der Waals surface area contributed by atoms with Crippen molar-refractivity contribution in [3.8, 4) is 0 Å². The van der Waals surface area contributed by atoms with Crippen LogP contribution in [0, 0.1) is 17.3 Å². The van der Waals surface area contributed by atoms with E-state index >= 15 is 0 Å². The molecule has 0 radical (unpaired) electrons. The summed E-state index contributed by atoms with van der Waals surface area (Å²) in [5.41, 5.74) is 0.336. The molecule has 1 N–H and O–H groups in total. The average Bonchev–Trinajstić information content (AvgIpc) is 2.51. The van der Waals surface area contributed by atoms with Crippen molar-refractivity contribution in [1.29, 1.82) is 0 Å². The number of rotatable bonds is 6. The van der Waals surface area contributed by atoms with Gasteiger partial charge in [0.15, 0.2) is 0 Å². The molecular formula is C19H39NO. The number of nitrogens with one attached hydrogen (secondary N) is 1. The zero-order valence-electron chi connectivity index (χ0n) is 16.0. The van der Waals surface area contributed by atoms with E-state index in [1.54, 1.807) is 0 Å². The van der Waals surface area contributed by atoms with Crippen molar-refractivity contribution in [2.75, 3.05) is 6.54 Å². The Labute approximate surface area is 133 Å². The summed E-state index contributed by atoms with van der Waals surface area (Å²) >= 11 is 0. The lowest BCUT2D eigenvalue weighted by Gasteiger charge is -2.38. The van der Waals surface area contributed by atoms with Crippen LogP contribution in [-0.4, -0.2) is 23.8 Å². The van der Waals surface area contributed by atoms with Gasteiger partial charge in [0.25, 0.3) is 0 Å². The van der Waals surface area contributed by atoms with E-state index in [1.165, 1.54) is 12.8 Å². The molecule has 0 aromatic rings. The van der Waals surface area contributed by atoms with Crippen molar-refractivity contribution >= 4 is 0 Å².